The minimum atomic E-state index is -4.36. The van der Waals surface area contributed by atoms with Crippen molar-refractivity contribution in [1.29, 1.82) is 0 Å². The van der Waals surface area contributed by atoms with E-state index in [2.05, 4.69) is 10.4 Å². The molecule has 2 aliphatic rings. The Morgan fingerprint density at radius 1 is 1.29 bits per heavy atom. The first-order valence-electron chi connectivity index (χ1n) is 10.9. The van der Waals surface area contributed by atoms with Crippen LogP contribution in [0.15, 0.2) is 17.5 Å². The van der Waals surface area contributed by atoms with Gasteiger partial charge in [0, 0.05) is 48.1 Å². The van der Waals surface area contributed by atoms with Gasteiger partial charge in [-0.2, -0.15) is 13.2 Å². The zero-order chi connectivity index (χ0) is 24.5. The first-order chi connectivity index (χ1) is 16.2. The minimum absolute atomic E-state index is 0.112. The minimum Gasteiger partial charge on any atom is -0.468 e. The van der Waals surface area contributed by atoms with Gasteiger partial charge in [0.1, 0.15) is 18.4 Å². The van der Waals surface area contributed by atoms with Gasteiger partial charge >= 0.3 is 12.1 Å². The van der Waals surface area contributed by atoms with Crippen LogP contribution in [0.4, 0.5) is 23.2 Å². The molecule has 1 aromatic carbocycles. The lowest BCUT2D eigenvalue weighted by Crippen LogP contribution is -2.55. The lowest BCUT2D eigenvalue weighted by Gasteiger charge is -2.32. The Hall–Kier alpha value is -2.73. The highest BCUT2D eigenvalue weighted by Gasteiger charge is 2.35. The van der Waals surface area contributed by atoms with Gasteiger partial charge in [0.25, 0.3) is 0 Å². The number of aryl methyl sites for hydroxylation is 1. The zero-order valence-corrected chi connectivity index (χ0v) is 19.3. The number of carbonyl (C=O) groups excluding carboxylic acids is 2. The number of aromatic nitrogens is 1. The Bertz CT molecular complexity index is 1070. The molecule has 0 unspecified atom stereocenters. The van der Waals surface area contributed by atoms with Gasteiger partial charge in [0.15, 0.2) is 0 Å². The van der Waals surface area contributed by atoms with Gasteiger partial charge < -0.3 is 9.64 Å². The first-order valence-corrected chi connectivity index (χ1v) is 11.8. The summed E-state index contributed by atoms with van der Waals surface area (Å²) in [4.78, 5) is 29.9. The number of hydrazine groups is 1. The number of hydrogen-bond acceptors (Lipinski definition) is 7. The molecule has 2 aliphatic heterocycles. The van der Waals surface area contributed by atoms with E-state index in [0.29, 0.717) is 36.5 Å². The molecule has 1 fully saturated rings. The van der Waals surface area contributed by atoms with Gasteiger partial charge in [-0.25, -0.2) is 14.8 Å². The van der Waals surface area contributed by atoms with E-state index >= 15 is 4.39 Å². The van der Waals surface area contributed by atoms with Crippen LogP contribution in [0.2, 0.25) is 0 Å². The highest BCUT2D eigenvalue weighted by atomic mass is 32.1. The molecular formula is C22H24F4N4O3S. The topological polar surface area (TPSA) is 74.8 Å². The summed E-state index contributed by atoms with van der Waals surface area (Å²) in [5.74, 6) is -1.15. The van der Waals surface area contributed by atoms with E-state index in [1.165, 1.54) is 35.6 Å². The normalized spacial score (nSPS) is 18.2. The van der Waals surface area contributed by atoms with E-state index in [0.717, 1.165) is 4.90 Å². The maximum Gasteiger partial charge on any atom is 0.405 e. The van der Waals surface area contributed by atoms with E-state index in [9.17, 15) is 22.8 Å². The Morgan fingerprint density at radius 2 is 2.09 bits per heavy atom. The van der Waals surface area contributed by atoms with Crippen LogP contribution in [0.3, 0.4) is 0 Å². The molecule has 0 spiro atoms. The number of amides is 1. The number of ether oxygens (including phenoxy) is 1. The van der Waals surface area contributed by atoms with Crippen molar-refractivity contribution < 1.29 is 31.9 Å². The standard InChI is InChI=1S/C22H24F4N4O3S/c1-33-21(32)15-3-2-9-30(28-15)19(31)7-6-18-27-16(11-34-18)13-4-5-17-14(20(13)23)8-10-29(17)12-22(24,25)26/h4-5,11,15,28H,2-3,6-10,12H2,1H3/t15-/m0/s1. The summed E-state index contributed by atoms with van der Waals surface area (Å²) in [6.07, 6.45) is -2.39. The highest BCUT2D eigenvalue weighted by Crippen LogP contribution is 2.37. The Kier molecular flexibility index (Phi) is 7.08. The number of anilines is 1. The van der Waals surface area contributed by atoms with Crippen LogP contribution in [-0.2, 0) is 27.2 Å². The van der Waals surface area contributed by atoms with Crippen molar-refractivity contribution in [3.05, 3.63) is 33.9 Å². The molecular weight excluding hydrogens is 476 g/mol. The number of nitrogens with one attached hydrogen (secondary N) is 1. The van der Waals surface area contributed by atoms with Gasteiger partial charge in [-0.05, 0) is 31.4 Å². The van der Waals surface area contributed by atoms with Gasteiger partial charge in [0.05, 0.1) is 17.8 Å². The molecule has 184 valence electrons. The Labute approximate surface area is 197 Å². The first kappa shape index (κ1) is 24.4. The molecule has 2 aromatic rings. The van der Waals surface area contributed by atoms with Crippen LogP contribution >= 0.6 is 11.3 Å². The van der Waals surface area contributed by atoms with Crippen molar-refractivity contribution in [2.45, 2.75) is 44.3 Å². The number of thiazole rings is 1. The van der Waals surface area contributed by atoms with Gasteiger partial charge in [0.2, 0.25) is 5.91 Å². The highest BCUT2D eigenvalue weighted by molar-refractivity contribution is 7.09. The number of alkyl halides is 3. The fraction of sp³-hybridized carbons (Fsp3) is 0.500. The van der Waals surface area contributed by atoms with E-state index in [4.69, 9.17) is 4.74 Å². The van der Waals surface area contributed by atoms with Crippen LogP contribution in [0.1, 0.15) is 29.8 Å². The fourth-order valence-electron chi connectivity index (χ4n) is 4.27. The third-order valence-corrected chi connectivity index (χ3v) is 6.82. The molecule has 0 radical (unpaired) electrons. The van der Waals surface area contributed by atoms with Gasteiger partial charge in [-0.1, -0.05) is 0 Å². The van der Waals surface area contributed by atoms with Crippen molar-refractivity contribution in [1.82, 2.24) is 15.4 Å². The molecule has 0 saturated carbocycles. The summed E-state index contributed by atoms with van der Waals surface area (Å²) < 4.78 is 58.2. The maximum absolute atomic E-state index is 15.1. The summed E-state index contributed by atoms with van der Waals surface area (Å²) >= 11 is 1.29. The average Bonchev–Trinajstić information content (AvgIpc) is 3.44. The number of halogens is 4. The number of benzene rings is 1. The number of fused-ring (bicyclic) bond motifs is 1. The zero-order valence-electron chi connectivity index (χ0n) is 18.5. The maximum atomic E-state index is 15.1. The van der Waals surface area contributed by atoms with Crippen molar-refractivity contribution in [3.63, 3.8) is 0 Å². The number of esters is 1. The van der Waals surface area contributed by atoms with Crippen molar-refractivity contribution >= 4 is 28.9 Å². The van der Waals surface area contributed by atoms with Crippen LogP contribution in [0, 0.1) is 5.82 Å². The van der Waals surface area contributed by atoms with Gasteiger partial charge in [-0.3, -0.25) is 14.6 Å². The van der Waals surface area contributed by atoms with Crippen molar-refractivity contribution in [3.8, 4) is 11.3 Å². The monoisotopic (exact) mass is 500 g/mol. The number of carbonyl (C=O) groups is 2. The van der Waals surface area contributed by atoms with Crippen LogP contribution in [0.5, 0.6) is 0 Å². The second-order valence-electron chi connectivity index (χ2n) is 8.23. The number of nitrogens with zero attached hydrogens (tertiary/aromatic N) is 3. The van der Waals surface area contributed by atoms with E-state index in [1.807, 2.05) is 0 Å². The molecule has 0 bridgehead atoms. The predicted molar refractivity (Wildman–Crippen MR) is 118 cm³/mol. The summed E-state index contributed by atoms with van der Waals surface area (Å²) in [5, 5.41) is 3.75. The van der Waals surface area contributed by atoms with Crippen molar-refractivity contribution in [2.24, 2.45) is 0 Å². The van der Waals surface area contributed by atoms with E-state index in [-0.39, 0.29) is 42.1 Å². The van der Waals surface area contributed by atoms with Crippen LogP contribution in [-0.4, -0.2) is 60.8 Å². The molecule has 1 atom stereocenters. The van der Waals surface area contributed by atoms with Crippen molar-refractivity contribution in [2.75, 3.05) is 31.6 Å². The smallest absolute Gasteiger partial charge is 0.405 e. The molecule has 34 heavy (non-hydrogen) atoms. The number of methoxy groups -OCH3 is 1. The Balaban J connectivity index is 1.39. The fourth-order valence-corrected chi connectivity index (χ4v) is 5.07. The third kappa shape index (κ3) is 5.33. The average molecular weight is 501 g/mol. The number of hydrogen-bond donors (Lipinski definition) is 1. The summed E-state index contributed by atoms with van der Waals surface area (Å²) in [6.45, 7) is -0.512. The van der Waals surface area contributed by atoms with E-state index in [1.54, 1.807) is 5.38 Å². The largest absolute Gasteiger partial charge is 0.468 e. The molecule has 3 heterocycles. The second-order valence-corrected chi connectivity index (χ2v) is 9.17. The molecule has 1 saturated heterocycles. The summed E-state index contributed by atoms with van der Waals surface area (Å²) in [6, 6.07) is 2.41. The van der Waals surface area contributed by atoms with Crippen LogP contribution < -0.4 is 10.3 Å². The lowest BCUT2D eigenvalue weighted by molar-refractivity contribution is -0.149. The van der Waals surface area contributed by atoms with Gasteiger partial charge in [-0.15, -0.1) is 11.3 Å². The molecule has 7 nitrogen and oxygen atoms in total. The quantitative estimate of drug-likeness (QED) is 0.484. The third-order valence-electron chi connectivity index (χ3n) is 5.91. The summed E-state index contributed by atoms with van der Waals surface area (Å²) in [5.41, 5.74) is 4.05. The molecule has 1 N–H and O–H groups in total. The Morgan fingerprint density at radius 3 is 2.82 bits per heavy atom. The molecule has 1 aromatic heterocycles. The molecule has 12 heteroatoms. The molecule has 0 aliphatic carbocycles. The SMILES string of the molecule is COC(=O)[C@@H]1CCCN(C(=O)CCc2nc(-c3ccc4c(c3F)CCN4CC(F)(F)F)cs2)N1. The molecule has 4 rings (SSSR count). The second kappa shape index (κ2) is 9.87. The summed E-state index contributed by atoms with van der Waals surface area (Å²) in [7, 11) is 1.30. The van der Waals surface area contributed by atoms with E-state index < -0.39 is 30.5 Å². The van der Waals surface area contributed by atoms with Crippen LogP contribution in [0.25, 0.3) is 11.3 Å². The lowest BCUT2D eigenvalue weighted by atomic mass is 10.1. The predicted octanol–water partition coefficient (Wildman–Crippen LogP) is 3.48. The molecule has 1 amide bonds. The number of rotatable bonds is 6.